The second-order valence-electron chi connectivity index (χ2n) is 7.37. The van der Waals surface area contributed by atoms with Crippen molar-refractivity contribution in [3.63, 3.8) is 0 Å². The van der Waals surface area contributed by atoms with Crippen LogP contribution in [0, 0.1) is 11.7 Å². The molecule has 0 heterocycles. The molecule has 0 saturated carbocycles. The molecule has 1 amide bonds. The van der Waals surface area contributed by atoms with Gasteiger partial charge in [-0.05, 0) is 57.4 Å². The van der Waals surface area contributed by atoms with Crippen molar-refractivity contribution in [2.75, 3.05) is 6.61 Å². The Morgan fingerprint density at radius 2 is 1.69 bits per heavy atom. The van der Waals surface area contributed by atoms with E-state index in [0.717, 1.165) is 12.1 Å². The summed E-state index contributed by atoms with van der Waals surface area (Å²) >= 11 is 0. The number of carbonyl (C=O) groups is 3. The summed E-state index contributed by atoms with van der Waals surface area (Å²) in [6.45, 7) is 8.42. The van der Waals surface area contributed by atoms with E-state index in [1.54, 1.807) is 20.8 Å². The Kier molecular flexibility index (Phi) is 7.74. The fourth-order valence-electron chi connectivity index (χ4n) is 2.09. The van der Waals surface area contributed by atoms with Crippen LogP contribution in [0.2, 0.25) is 0 Å². The Balaban J connectivity index is 2.66. The maximum Gasteiger partial charge on any atom is 0.408 e. The fourth-order valence-corrected chi connectivity index (χ4v) is 2.09. The standard InChI is InChI=1S/C19H26FNO5/c1-12(2)10-15(21-18(24)26-19(3,4)5)17(23)25-11-16(22)13-6-8-14(20)9-7-13/h6-9,12,15H,10-11H2,1-5H3,(H,21,24). The molecule has 1 aromatic carbocycles. The third kappa shape index (κ3) is 8.09. The minimum Gasteiger partial charge on any atom is -0.456 e. The highest BCUT2D eigenvalue weighted by molar-refractivity contribution is 5.98. The third-order valence-electron chi connectivity index (χ3n) is 3.19. The molecule has 6 nitrogen and oxygen atoms in total. The van der Waals surface area contributed by atoms with Gasteiger partial charge in [-0.15, -0.1) is 0 Å². The van der Waals surface area contributed by atoms with Crippen LogP contribution in [0.4, 0.5) is 9.18 Å². The van der Waals surface area contributed by atoms with Crippen LogP contribution < -0.4 is 5.32 Å². The molecule has 1 aromatic rings. The number of ether oxygens (including phenoxy) is 2. The topological polar surface area (TPSA) is 81.7 Å². The van der Waals surface area contributed by atoms with Crippen molar-refractivity contribution in [3.05, 3.63) is 35.6 Å². The van der Waals surface area contributed by atoms with Gasteiger partial charge in [0.25, 0.3) is 0 Å². The lowest BCUT2D eigenvalue weighted by Gasteiger charge is -2.23. The number of nitrogens with one attached hydrogen (secondary N) is 1. The minimum atomic E-state index is -0.925. The summed E-state index contributed by atoms with van der Waals surface area (Å²) in [6.07, 6.45) is -0.395. The van der Waals surface area contributed by atoms with Gasteiger partial charge in [0.15, 0.2) is 12.4 Å². The minimum absolute atomic E-state index is 0.107. The molecule has 0 radical (unpaired) electrons. The molecule has 0 aliphatic carbocycles. The van der Waals surface area contributed by atoms with Crippen LogP contribution in [-0.4, -0.2) is 36.1 Å². The molecule has 0 fully saturated rings. The fraction of sp³-hybridized carbons (Fsp3) is 0.526. The lowest BCUT2D eigenvalue weighted by molar-refractivity contribution is -0.145. The smallest absolute Gasteiger partial charge is 0.408 e. The zero-order valence-corrected chi connectivity index (χ0v) is 15.8. The monoisotopic (exact) mass is 367 g/mol. The highest BCUT2D eigenvalue weighted by Crippen LogP contribution is 2.11. The second kappa shape index (κ2) is 9.31. The Morgan fingerprint density at radius 3 is 2.19 bits per heavy atom. The first kappa shape index (κ1) is 21.6. The summed E-state index contributed by atoms with van der Waals surface area (Å²) in [5.41, 5.74) is -0.464. The van der Waals surface area contributed by atoms with Gasteiger partial charge < -0.3 is 14.8 Å². The van der Waals surface area contributed by atoms with Gasteiger partial charge in [0.05, 0.1) is 0 Å². The quantitative estimate of drug-likeness (QED) is 0.589. The number of esters is 1. The number of benzene rings is 1. The van der Waals surface area contributed by atoms with Gasteiger partial charge in [0.2, 0.25) is 0 Å². The number of rotatable bonds is 7. The summed E-state index contributed by atoms with van der Waals surface area (Å²) < 4.78 is 23.1. The lowest BCUT2D eigenvalue weighted by atomic mass is 10.0. The number of hydrogen-bond acceptors (Lipinski definition) is 5. The van der Waals surface area contributed by atoms with Crippen LogP contribution in [0.1, 0.15) is 51.4 Å². The van der Waals surface area contributed by atoms with E-state index in [1.807, 2.05) is 13.8 Å². The molecule has 0 saturated heterocycles. The summed E-state index contributed by atoms with van der Waals surface area (Å²) in [6, 6.07) is 4.01. The molecule has 1 rings (SSSR count). The Morgan fingerprint density at radius 1 is 1.12 bits per heavy atom. The molecule has 1 atom stereocenters. The molecule has 1 unspecified atom stereocenters. The van der Waals surface area contributed by atoms with E-state index in [2.05, 4.69) is 5.32 Å². The third-order valence-corrected chi connectivity index (χ3v) is 3.19. The van der Waals surface area contributed by atoms with Crippen molar-refractivity contribution in [3.8, 4) is 0 Å². The summed E-state index contributed by atoms with van der Waals surface area (Å²) in [7, 11) is 0. The number of carbonyl (C=O) groups excluding carboxylic acids is 3. The largest absolute Gasteiger partial charge is 0.456 e. The van der Waals surface area contributed by atoms with Crippen molar-refractivity contribution in [1.29, 1.82) is 0 Å². The van der Waals surface area contributed by atoms with Crippen LogP contribution >= 0.6 is 0 Å². The summed E-state index contributed by atoms with van der Waals surface area (Å²) in [5, 5.41) is 2.48. The zero-order valence-electron chi connectivity index (χ0n) is 15.8. The average Bonchev–Trinajstić information content (AvgIpc) is 2.50. The Labute approximate surface area is 153 Å². The highest BCUT2D eigenvalue weighted by atomic mass is 19.1. The first-order valence-electron chi connectivity index (χ1n) is 8.43. The first-order valence-corrected chi connectivity index (χ1v) is 8.43. The first-order chi connectivity index (χ1) is 12.0. The maximum atomic E-state index is 12.9. The van der Waals surface area contributed by atoms with Crippen LogP contribution in [-0.2, 0) is 14.3 Å². The lowest BCUT2D eigenvalue weighted by Crippen LogP contribution is -2.45. The van der Waals surface area contributed by atoms with Crippen molar-refractivity contribution < 1.29 is 28.2 Å². The van der Waals surface area contributed by atoms with E-state index in [0.29, 0.717) is 6.42 Å². The van der Waals surface area contributed by atoms with Gasteiger partial charge >= 0.3 is 12.1 Å². The van der Waals surface area contributed by atoms with Gasteiger partial charge in [0, 0.05) is 5.56 Å². The second-order valence-corrected chi connectivity index (χ2v) is 7.37. The zero-order chi connectivity index (χ0) is 19.9. The van der Waals surface area contributed by atoms with Crippen LogP contribution in [0.15, 0.2) is 24.3 Å². The van der Waals surface area contributed by atoms with Gasteiger partial charge in [0.1, 0.15) is 17.5 Å². The predicted octanol–water partition coefficient (Wildman–Crippen LogP) is 3.49. The molecule has 1 N–H and O–H groups in total. The molecular weight excluding hydrogens is 341 g/mol. The van der Waals surface area contributed by atoms with Crippen LogP contribution in [0.5, 0.6) is 0 Å². The normalized spacial score (nSPS) is 12.4. The Bertz CT molecular complexity index is 634. The number of halogens is 1. The van der Waals surface area contributed by atoms with Gasteiger partial charge in [-0.2, -0.15) is 0 Å². The van der Waals surface area contributed by atoms with Gasteiger partial charge in [-0.1, -0.05) is 13.8 Å². The van der Waals surface area contributed by atoms with E-state index in [-0.39, 0.29) is 11.5 Å². The summed E-state index contributed by atoms with van der Waals surface area (Å²) in [5.74, 6) is -1.54. The van der Waals surface area contributed by atoms with E-state index in [1.165, 1.54) is 12.1 Å². The van der Waals surface area contributed by atoms with E-state index < -0.39 is 41.9 Å². The molecule has 26 heavy (non-hydrogen) atoms. The molecule has 0 aliphatic heterocycles. The molecular formula is C19H26FNO5. The summed E-state index contributed by atoms with van der Waals surface area (Å²) in [4.78, 5) is 36.2. The molecule has 7 heteroatoms. The van der Waals surface area contributed by atoms with E-state index >= 15 is 0 Å². The number of Topliss-reactive ketones (excluding diaryl/α,β-unsaturated/α-hetero) is 1. The molecule has 0 aromatic heterocycles. The number of alkyl carbamates (subject to hydrolysis) is 1. The predicted molar refractivity (Wildman–Crippen MR) is 94.3 cm³/mol. The molecule has 0 spiro atoms. The number of hydrogen-bond donors (Lipinski definition) is 1. The average molecular weight is 367 g/mol. The van der Waals surface area contributed by atoms with Crippen molar-refractivity contribution in [2.45, 2.75) is 52.7 Å². The van der Waals surface area contributed by atoms with E-state index in [4.69, 9.17) is 9.47 Å². The van der Waals surface area contributed by atoms with Gasteiger partial charge in [-0.25, -0.2) is 14.0 Å². The number of ketones is 1. The number of amides is 1. The maximum absolute atomic E-state index is 12.9. The van der Waals surface area contributed by atoms with Gasteiger partial charge in [-0.3, -0.25) is 4.79 Å². The van der Waals surface area contributed by atoms with Crippen molar-refractivity contribution in [2.24, 2.45) is 5.92 Å². The SMILES string of the molecule is CC(C)CC(NC(=O)OC(C)(C)C)C(=O)OCC(=O)c1ccc(F)cc1. The molecule has 0 bridgehead atoms. The molecule has 0 aliphatic rings. The van der Waals surface area contributed by atoms with Crippen molar-refractivity contribution in [1.82, 2.24) is 5.32 Å². The van der Waals surface area contributed by atoms with Crippen molar-refractivity contribution >= 4 is 17.8 Å². The van der Waals surface area contributed by atoms with E-state index in [9.17, 15) is 18.8 Å². The van der Waals surface area contributed by atoms with Crippen LogP contribution in [0.25, 0.3) is 0 Å². The molecule has 144 valence electrons. The van der Waals surface area contributed by atoms with Crippen LogP contribution in [0.3, 0.4) is 0 Å². The Hall–Kier alpha value is -2.44. The highest BCUT2D eigenvalue weighted by Gasteiger charge is 2.26.